The molecule has 4 fully saturated rings. The van der Waals surface area contributed by atoms with Gasteiger partial charge in [0.1, 0.15) is 6.10 Å². The number of esters is 1. The van der Waals surface area contributed by atoms with Gasteiger partial charge in [0, 0.05) is 31.2 Å². The number of nitrogens with zero attached hydrogens (tertiary/aromatic N) is 1. The van der Waals surface area contributed by atoms with Crippen LogP contribution < -0.4 is 4.74 Å². The lowest BCUT2D eigenvalue weighted by atomic mass is 9.47. The Morgan fingerprint density at radius 2 is 1.72 bits per heavy atom. The highest BCUT2D eigenvalue weighted by atomic mass is 16.6. The molecule has 1 aromatic heterocycles. The number of carbonyl (C=O) groups excluding carboxylic acids is 2. The number of ether oxygens (including phenoxy) is 3. The fraction of sp³-hybridized carbons (Fsp3) is 0.720. The summed E-state index contributed by atoms with van der Waals surface area (Å²) in [4.78, 5) is 29.4. The van der Waals surface area contributed by atoms with Gasteiger partial charge in [-0.15, -0.1) is 0 Å². The summed E-state index contributed by atoms with van der Waals surface area (Å²) in [6, 6.07) is 1.47. The minimum Gasteiger partial charge on any atom is -0.503 e. The number of rotatable bonds is 9. The van der Waals surface area contributed by atoms with Crippen LogP contribution in [-0.4, -0.2) is 48.3 Å². The van der Waals surface area contributed by atoms with Gasteiger partial charge < -0.3 is 19.3 Å². The van der Waals surface area contributed by atoms with Crippen molar-refractivity contribution in [1.82, 2.24) is 4.98 Å². The average Bonchev–Trinajstić information content (AvgIpc) is 2.73. The first kappa shape index (κ1) is 23.0. The fourth-order valence-electron chi connectivity index (χ4n) is 7.09. The fourth-order valence-corrected chi connectivity index (χ4v) is 7.09. The summed E-state index contributed by atoms with van der Waals surface area (Å²) in [5.41, 5.74) is -0.00108. The highest BCUT2D eigenvalue weighted by Crippen LogP contribution is 2.62. The first-order valence-electron chi connectivity index (χ1n) is 11.7. The second-order valence-electron chi connectivity index (χ2n) is 10.3. The largest absolute Gasteiger partial charge is 0.503 e. The van der Waals surface area contributed by atoms with Gasteiger partial charge in [-0.25, -0.2) is 4.98 Å². The Balaban J connectivity index is 1.39. The second-order valence-corrected chi connectivity index (χ2v) is 10.3. The number of hydrogen-bond acceptors (Lipinski definition) is 7. The molecule has 7 heteroatoms. The zero-order valence-electron chi connectivity index (χ0n) is 19.5. The van der Waals surface area contributed by atoms with Gasteiger partial charge in [-0.05, 0) is 63.2 Å². The van der Waals surface area contributed by atoms with Crippen LogP contribution in [-0.2, 0) is 14.3 Å². The number of aromatic hydroxyl groups is 1. The molecule has 0 spiro atoms. The van der Waals surface area contributed by atoms with Crippen LogP contribution in [0.2, 0.25) is 0 Å². The maximum atomic E-state index is 12.8. The van der Waals surface area contributed by atoms with Gasteiger partial charge in [0.15, 0.2) is 23.0 Å². The molecule has 0 amide bonds. The van der Waals surface area contributed by atoms with E-state index in [4.69, 9.17) is 14.2 Å². The van der Waals surface area contributed by atoms with Gasteiger partial charge >= 0.3 is 5.97 Å². The quantitative estimate of drug-likeness (QED) is 0.450. The van der Waals surface area contributed by atoms with Crippen LogP contribution in [0.4, 0.5) is 0 Å². The number of Topliss-reactive ketones (excluding diaryl/α,β-unsaturated/α-hetero) is 1. The van der Waals surface area contributed by atoms with E-state index in [9.17, 15) is 14.7 Å². The number of ketones is 1. The SMILES string of the molecule is COc1ccnc(C(=O)C[C@@H](C)C(=O)O[C@@H](C)[C@@H](OC)C23CC4CC(CC(C4)C2)C3)c1O. The first-order valence-corrected chi connectivity index (χ1v) is 11.7. The standard InChI is InChI=1S/C25H35NO6/c1-14(7-19(27)21-22(28)20(30-3)5-6-26-21)24(29)32-15(2)23(31-4)25-11-16-8-17(12-25)10-18(9-16)13-25/h5-6,14-18,23,28H,7-13H2,1-4H3/t14-,15+,16?,17?,18?,23-,25?/m1/s1. The summed E-state index contributed by atoms with van der Waals surface area (Å²) < 4.78 is 16.8. The van der Waals surface area contributed by atoms with E-state index >= 15 is 0 Å². The molecular formula is C25H35NO6. The summed E-state index contributed by atoms with van der Waals surface area (Å²) in [6.07, 6.45) is 8.28. The lowest BCUT2D eigenvalue weighted by Gasteiger charge is -2.59. The molecule has 7 nitrogen and oxygen atoms in total. The molecule has 0 aromatic carbocycles. The van der Waals surface area contributed by atoms with Crippen LogP contribution in [0.1, 0.15) is 69.3 Å². The molecule has 4 bridgehead atoms. The molecule has 176 valence electrons. The van der Waals surface area contributed by atoms with Crippen molar-refractivity contribution in [1.29, 1.82) is 0 Å². The smallest absolute Gasteiger partial charge is 0.309 e. The van der Waals surface area contributed by atoms with Gasteiger partial charge in [0.25, 0.3) is 0 Å². The van der Waals surface area contributed by atoms with Crippen LogP contribution in [0, 0.1) is 29.1 Å². The van der Waals surface area contributed by atoms with Gasteiger partial charge in [-0.2, -0.15) is 0 Å². The molecule has 1 N–H and O–H groups in total. The van der Waals surface area contributed by atoms with E-state index < -0.39 is 17.7 Å². The number of hydrogen-bond donors (Lipinski definition) is 1. The minimum absolute atomic E-state index is 0.0958. The summed E-state index contributed by atoms with van der Waals surface area (Å²) >= 11 is 0. The van der Waals surface area contributed by atoms with Gasteiger partial charge in [-0.1, -0.05) is 6.92 Å². The number of carbonyl (C=O) groups is 2. The zero-order chi connectivity index (χ0) is 23.0. The lowest BCUT2D eigenvalue weighted by molar-refractivity contribution is -0.186. The van der Waals surface area contributed by atoms with Crippen LogP contribution in [0.25, 0.3) is 0 Å². The predicted molar refractivity (Wildman–Crippen MR) is 118 cm³/mol. The molecule has 3 atom stereocenters. The Labute approximate surface area is 189 Å². The number of aromatic nitrogens is 1. The molecule has 32 heavy (non-hydrogen) atoms. The Morgan fingerprint density at radius 1 is 1.12 bits per heavy atom. The average molecular weight is 446 g/mol. The van der Waals surface area contributed by atoms with Crippen molar-refractivity contribution < 1.29 is 28.9 Å². The Hall–Kier alpha value is -2.15. The molecule has 1 heterocycles. The second kappa shape index (κ2) is 9.00. The van der Waals surface area contributed by atoms with Crippen LogP contribution in [0.15, 0.2) is 12.3 Å². The van der Waals surface area contributed by atoms with Crippen LogP contribution in [0.3, 0.4) is 0 Å². The van der Waals surface area contributed by atoms with Gasteiger partial charge in [-0.3, -0.25) is 9.59 Å². The molecule has 0 radical (unpaired) electrons. The van der Waals surface area contributed by atoms with Crippen LogP contribution in [0.5, 0.6) is 11.5 Å². The van der Waals surface area contributed by atoms with Crippen molar-refractivity contribution in [2.75, 3.05) is 14.2 Å². The third-order valence-electron chi connectivity index (χ3n) is 7.94. The summed E-state index contributed by atoms with van der Waals surface area (Å²) in [6.45, 7) is 3.57. The minimum atomic E-state index is -0.661. The third-order valence-corrected chi connectivity index (χ3v) is 7.94. The first-order chi connectivity index (χ1) is 15.3. The van der Waals surface area contributed by atoms with E-state index in [0.717, 1.165) is 37.0 Å². The van der Waals surface area contributed by atoms with E-state index in [2.05, 4.69) is 4.98 Å². The maximum Gasteiger partial charge on any atom is 0.309 e. The zero-order valence-corrected chi connectivity index (χ0v) is 19.5. The van der Waals surface area contributed by atoms with Crippen molar-refractivity contribution in [2.24, 2.45) is 29.1 Å². The van der Waals surface area contributed by atoms with E-state index in [1.807, 2.05) is 6.92 Å². The van der Waals surface area contributed by atoms with Crippen molar-refractivity contribution in [3.8, 4) is 11.5 Å². The summed E-state index contributed by atoms with van der Waals surface area (Å²) in [5, 5.41) is 10.2. The Bertz CT molecular complexity index is 833. The van der Waals surface area contributed by atoms with Gasteiger partial charge in [0.2, 0.25) is 0 Å². The number of methoxy groups -OCH3 is 2. The predicted octanol–water partition coefficient (Wildman–Crippen LogP) is 4.17. The molecular weight excluding hydrogens is 410 g/mol. The van der Waals surface area contributed by atoms with E-state index in [1.54, 1.807) is 14.0 Å². The molecule has 1 aromatic rings. The Kier molecular flexibility index (Phi) is 6.48. The summed E-state index contributed by atoms with van der Waals surface area (Å²) in [5.74, 6) is 0.680. The monoisotopic (exact) mass is 445 g/mol. The van der Waals surface area contributed by atoms with Crippen molar-refractivity contribution >= 4 is 11.8 Å². The normalized spacial score (nSPS) is 31.1. The van der Waals surface area contributed by atoms with Crippen molar-refractivity contribution in [3.05, 3.63) is 18.0 Å². The van der Waals surface area contributed by atoms with E-state index in [0.29, 0.717) is 0 Å². The molecule has 4 aliphatic carbocycles. The van der Waals surface area contributed by atoms with Crippen LogP contribution >= 0.6 is 0 Å². The lowest BCUT2D eigenvalue weighted by Crippen LogP contribution is -2.55. The van der Waals surface area contributed by atoms with E-state index in [-0.39, 0.29) is 41.2 Å². The molecule has 5 rings (SSSR count). The molecule has 4 aliphatic rings. The molecule has 4 saturated carbocycles. The topological polar surface area (TPSA) is 95.0 Å². The molecule has 0 aliphatic heterocycles. The van der Waals surface area contributed by atoms with Crippen molar-refractivity contribution in [2.45, 2.75) is 71.0 Å². The van der Waals surface area contributed by atoms with Gasteiger partial charge in [0.05, 0.1) is 19.1 Å². The highest BCUT2D eigenvalue weighted by molar-refractivity contribution is 5.99. The third kappa shape index (κ3) is 4.24. The number of pyridine rings is 1. The molecule has 0 saturated heterocycles. The molecule has 0 unspecified atom stereocenters. The summed E-state index contributed by atoms with van der Waals surface area (Å²) in [7, 11) is 3.12. The highest BCUT2D eigenvalue weighted by Gasteiger charge is 2.56. The Morgan fingerprint density at radius 3 is 2.25 bits per heavy atom. The van der Waals surface area contributed by atoms with E-state index in [1.165, 1.54) is 38.6 Å². The maximum absolute atomic E-state index is 12.8. The van der Waals surface area contributed by atoms with Crippen molar-refractivity contribution in [3.63, 3.8) is 0 Å².